The highest BCUT2D eigenvalue weighted by Gasteiger charge is 2.34. The van der Waals surface area contributed by atoms with E-state index in [4.69, 9.17) is 15.0 Å². The SMILES string of the molecule is C=C/C=C\CCc1cc2c(-c3cccc(C(/C=C\C(=C)c4ccc5ccc6ccc(-c7ccccc7)nc6c5n4)CC)c3)nc3ccccc3c2cc1C(C)(c1ccccc1)c1ccccc1. The van der Waals surface area contributed by atoms with E-state index in [2.05, 4.69) is 215 Å². The highest BCUT2D eigenvalue weighted by Crippen LogP contribution is 2.45. The summed E-state index contributed by atoms with van der Waals surface area (Å²) in [5, 5.41) is 5.62. The quantitative estimate of drug-likeness (QED) is 0.0621. The lowest BCUT2D eigenvalue weighted by Crippen LogP contribution is -2.27. The predicted molar refractivity (Wildman–Crippen MR) is 284 cm³/mol. The number of aromatic nitrogens is 3. The summed E-state index contributed by atoms with van der Waals surface area (Å²) < 4.78 is 0. The van der Waals surface area contributed by atoms with Crippen molar-refractivity contribution in [1.82, 2.24) is 15.0 Å². The summed E-state index contributed by atoms with van der Waals surface area (Å²) >= 11 is 0. The van der Waals surface area contributed by atoms with Crippen molar-refractivity contribution in [1.29, 1.82) is 0 Å². The summed E-state index contributed by atoms with van der Waals surface area (Å²) in [5.41, 5.74) is 14.5. The maximum absolute atomic E-state index is 5.47. The Bertz CT molecular complexity index is 3450. The summed E-state index contributed by atoms with van der Waals surface area (Å²) in [5.74, 6) is 0.149. The molecule has 0 bridgehead atoms. The third-order valence-corrected chi connectivity index (χ3v) is 13.5. The molecule has 10 aromatic rings. The second kappa shape index (κ2) is 18.8. The minimum atomic E-state index is -0.414. The van der Waals surface area contributed by atoms with E-state index in [1.165, 1.54) is 33.2 Å². The van der Waals surface area contributed by atoms with E-state index in [1.54, 1.807) is 0 Å². The molecule has 0 fully saturated rings. The second-order valence-electron chi connectivity index (χ2n) is 17.6. The summed E-state index contributed by atoms with van der Waals surface area (Å²) in [4.78, 5) is 15.8. The minimum absolute atomic E-state index is 0.149. The lowest BCUT2D eigenvalue weighted by molar-refractivity contribution is 0.681. The number of benzene rings is 7. The van der Waals surface area contributed by atoms with Gasteiger partial charge >= 0.3 is 0 Å². The van der Waals surface area contributed by atoms with Gasteiger partial charge in [0.1, 0.15) is 0 Å². The van der Waals surface area contributed by atoms with Gasteiger partial charge in [-0.3, -0.25) is 0 Å². The van der Waals surface area contributed by atoms with Gasteiger partial charge in [-0.2, -0.15) is 0 Å². The van der Waals surface area contributed by atoms with Crippen LogP contribution in [0.25, 0.3) is 71.6 Å². The highest BCUT2D eigenvalue weighted by molar-refractivity contribution is 6.11. The van der Waals surface area contributed by atoms with Crippen molar-refractivity contribution < 1.29 is 0 Å². The van der Waals surface area contributed by atoms with Crippen molar-refractivity contribution in [2.45, 2.75) is 44.4 Å². The van der Waals surface area contributed by atoms with Gasteiger partial charge in [0, 0.05) is 44.0 Å². The number of rotatable bonds is 14. The predicted octanol–water partition coefficient (Wildman–Crippen LogP) is 16.6. The molecule has 3 aromatic heterocycles. The molecule has 3 heteroatoms. The van der Waals surface area contributed by atoms with Crippen LogP contribution < -0.4 is 0 Å². The monoisotopic (exact) mass is 863 g/mol. The van der Waals surface area contributed by atoms with Gasteiger partial charge in [0.15, 0.2) is 0 Å². The fourth-order valence-corrected chi connectivity index (χ4v) is 9.82. The van der Waals surface area contributed by atoms with E-state index >= 15 is 0 Å². The van der Waals surface area contributed by atoms with Gasteiger partial charge in [-0.15, -0.1) is 0 Å². The third-order valence-electron chi connectivity index (χ3n) is 13.5. The molecule has 1 atom stereocenters. The lowest BCUT2D eigenvalue weighted by atomic mass is 9.68. The van der Waals surface area contributed by atoms with E-state index in [-0.39, 0.29) is 5.92 Å². The molecule has 0 radical (unpaired) electrons. The van der Waals surface area contributed by atoms with Gasteiger partial charge in [-0.1, -0.05) is 202 Å². The Hall–Kier alpha value is -8.01. The van der Waals surface area contributed by atoms with Gasteiger partial charge in [-0.25, -0.2) is 15.0 Å². The number of allylic oxidation sites excluding steroid dienone is 6. The smallest absolute Gasteiger partial charge is 0.0972 e. The minimum Gasteiger partial charge on any atom is -0.247 e. The largest absolute Gasteiger partial charge is 0.247 e. The Morgan fingerprint density at radius 3 is 1.97 bits per heavy atom. The molecule has 0 aliphatic carbocycles. The number of pyridine rings is 3. The average Bonchev–Trinajstić information content (AvgIpc) is 3.39. The molecular weight excluding hydrogens is 811 g/mol. The number of para-hydroxylation sites is 1. The molecule has 324 valence electrons. The number of hydrogen-bond donors (Lipinski definition) is 0. The summed E-state index contributed by atoms with van der Waals surface area (Å²) in [7, 11) is 0. The van der Waals surface area contributed by atoms with E-state index in [9.17, 15) is 0 Å². The second-order valence-corrected chi connectivity index (χ2v) is 17.6. The standard InChI is InChI=1S/C64H53N3/c1-5-7-8-12-24-50-42-56-55(43-57(50)64(4,52-27-15-10-16-28-52)53-29-17-11-18-30-53)54-31-19-20-32-60(54)67-61(56)51-26-21-25-49(41-51)45(6-2)34-33-44(3)58-39-37-47-35-36-48-38-40-59(46-22-13-9-14-23-46)66-63(48)62(47)65-58/h5,7-11,13-23,25-43,45H,1,3,6,12,24H2,2,4H3/b8-7-,34-33-. The molecule has 0 aliphatic heterocycles. The summed E-state index contributed by atoms with van der Waals surface area (Å²) in [6, 6.07) is 67.4. The first kappa shape index (κ1) is 42.9. The van der Waals surface area contributed by atoms with Crippen molar-refractivity contribution in [3.63, 3.8) is 0 Å². The van der Waals surface area contributed by atoms with Gasteiger partial charge in [0.25, 0.3) is 0 Å². The molecule has 3 heterocycles. The van der Waals surface area contributed by atoms with E-state index in [0.717, 1.165) is 91.1 Å². The van der Waals surface area contributed by atoms with Crippen LogP contribution in [0.2, 0.25) is 0 Å². The molecule has 0 aliphatic rings. The molecule has 10 rings (SSSR count). The zero-order valence-electron chi connectivity index (χ0n) is 38.2. The topological polar surface area (TPSA) is 38.7 Å². The Morgan fingerprint density at radius 2 is 1.25 bits per heavy atom. The van der Waals surface area contributed by atoms with Crippen molar-refractivity contribution in [3.05, 3.63) is 265 Å². The van der Waals surface area contributed by atoms with Gasteiger partial charge < -0.3 is 0 Å². The van der Waals surface area contributed by atoms with Crippen LogP contribution in [0, 0.1) is 0 Å². The van der Waals surface area contributed by atoms with Crippen LogP contribution in [-0.4, -0.2) is 15.0 Å². The van der Waals surface area contributed by atoms with Crippen LogP contribution >= 0.6 is 0 Å². The zero-order chi connectivity index (χ0) is 45.7. The van der Waals surface area contributed by atoms with Gasteiger partial charge in [0.05, 0.1) is 33.6 Å². The lowest BCUT2D eigenvalue weighted by Gasteiger charge is -2.34. The molecule has 1 unspecified atom stereocenters. The maximum Gasteiger partial charge on any atom is 0.0972 e. The highest BCUT2D eigenvalue weighted by atomic mass is 14.8. The van der Waals surface area contributed by atoms with Crippen LogP contribution in [-0.2, 0) is 11.8 Å². The molecule has 0 amide bonds. The van der Waals surface area contributed by atoms with Crippen LogP contribution in [0.4, 0.5) is 0 Å². The van der Waals surface area contributed by atoms with E-state index in [0.29, 0.717) is 0 Å². The first-order valence-corrected chi connectivity index (χ1v) is 23.4. The van der Waals surface area contributed by atoms with Crippen molar-refractivity contribution >= 4 is 49.1 Å². The number of aryl methyl sites for hydroxylation is 1. The molecule has 0 saturated carbocycles. The van der Waals surface area contributed by atoms with Gasteiger partial charge in [-0.05, 0) is 101 Å². The summed E-state index contributed by atoms with van der Waals surface area (Å²) in [6.45, 7) is 13.1. The van der Waals surface area contributed by atoms with Crippen LogP contribution in [0.3, 0.4) is 0 Å². The van der Waals surface area contributed by atoms with Crippen molar-refractivity contribution in [3.8, 4) is 22.5 Å². The average molecular weight is 864 g/mol. The number of fused-ring (bicyclic) bond motifs is 6. The molecule has 3 nitrogen and oxygen atoms in total. The molecule has 0 spiro atoms. The van der Waals surface area contributed by atoms with Crippen LogP contribution in [0.5, 0.6) is 0 Å². The first-order valence-electron chi connectivity index (χ1n) is 23.4. The molecular formula is C64H53N3. The first-order chi connectivity index (χ1) is 32.9. The summed E-state index contributed by atoms with van der Waals surface area (Å²) in [6.07, 6.45) is 13.2. The molecule has 67 heavy (non-hydrogen) atoms. The molecule has 0 saturated heterocycles. The van der Waals surface area contributed by atoms with E-state index < -0.39 is 5.41 Å². The molecule has 0 N–H and O–H groups in total. The Labute approximate surface area is 394 Å². The number of hydrogen-bond acceptors (Lipinski definition) is 3. The fraction of sp³-hybridized carbons (Fsp3) is 0.109. The zero-order valence-corrected chi connectivity index (χ0v) is 38.2. The van der Waals surface area contributed by atoms with Crippen LogP contribution in [0.1, 0.15) is 66.1 Å². The fourth-order valence-electron chi connectivity index (χ4n) is 9.82. The van der Waals surface area contributed by atoms with Gasteiger partial charge in [0.2, 0.25) is 0 Å². The number of nitrogens with zero attached hydrogens (tertiary/aromatic N) is 3. The van der Waals surface area contributed by atoms with Crippen LogP contribution in [0.15, 0.2) is 232 Å². The van der Waals surface area contributed by atoms with Crippen molar-refractivity contribution in [2.24, 2.45) is 0 Å². The van der Waals surface area contributed by atoms with Crippen molar-refractivity contribution in [2.75, 3.05) is 0 Å². The van der Waals surface area contributed by atoms with E-state index in [1.807, 2.05) is 30.4 Å². The Balaban J connectivity index is 1.05. The maximum atomic E-state index is 5.47. The molecule has 7 aromatic carbocycles. The Kier molecular flexibility index (Phi) is 12.1. The Morgan fingerprint density at radius 1 is 0.612 bits per heavy atom. The normalized spacial score (nSPS) is 12.4. The third kappa shape index (κ3) is 8.41.